The molecule has 0 saturated carbocycles. The van der Waals surface area contributed by atoms with Crippen LogP contribution in [0.3, 0.4) is 0 Å². The van der Waals surface area contributed by atoms with Gasteiger partial charge in [-0.25, -0.2) is 13.1 Å². The zero-order chi connectivity index (χ0) is 23.8. The van der Waals surface area contributed by atoms with Crippen molar-refractivity contribution in [2.75, 3.05) is 6.54 Å². The van der Waals surface area contributed by atoms with E-state index in [1.54, 1.807) is 47.4 Å². The van der Waals surface area contributed by atoms with Crippen molar-refractivity contribution in [2.24, 2.45) is 0 Å². The van der Waals surface area contributed by atoms with Crippen LogP contribution in [-0.2, 0) is 21.4 Å². The molecule has 0 spiro atoms. The molecular weight excluding hydrogens is 438 g/mol. The van der Waals surface area contributed by atoms with Gasteiger partial charge < -0.3 is 9.32 Å². The van der Waals surface area contributed by atoms with Gasteiger partial charge in [0.2, 0.25) is 15.9 Å². The molecule has 0 fully saturated rings. The number of rotatable bonds is 9. The first-order chi connectivity index (χ1) is 15.8. The van der Waals surface area contributed by atoms with Crippen LogP contribution in [0.1, 0.15) is 42.3 Å². The number of hydrogen-bond acceptors (Lipinski definition) is 5. The van der Waals surface area contributed by atoms with E-state index >= 15 is 0 Å². The largest absolute Gasteiger partial charge is 0.468 e. The van der Waals surface area contributed by atoms with Crippen molar-refractivity contribution < 1.29 is 17.6 Å². The van der Waals surface area contributed by atoms with Gasteiger partial charge in [0.1, 0.15) is 5.76 Å². The molecule has 1 amide bonds. The van der Waals surface area contributed by atoms with Crippen LogP contribution < -0.4 is 4.72 Å². The third-order valence-corrected chi connectivity index (χ3v) is 6.66. The number of hydrogen-bond donors (Lipinski definition) is 1. The lowest BCUT2D eigenvalue weighted by Gasteiger charge is -2.27. The number of carbonyl (C=O) groups excluding carboxylic acids is 1. The van der Waals surface area contributed by atoms with Gasteiger partial charge in [0.05, 0.1) is 35.4 Å². The average molecular weight is 464 g/mol. The van der Waals surface area contributed by atoms with E-state index in [-0.39, 0.29) is 23.4 Å². The van der Waals surface area contributed by atoms with E-state index in [9.17, 15) is 13.2 Å². The van der Waals surface area contributed by atoms with Crippen LogP contribution >= 0.6 is 0 Å². The normalized spacial score (nSPS) is 12.4. The monoisotopic (exact) mass is 463 g/mol. The molecule has 0 aliphatic rings. The molecule has 0 saturated heterocycles. The highest BCUT2D eigenvalue weighted by Crippen LogP contribution is 2.21. The van der Waals surface area contributed by atoms with E-state index in [0.717, 1.165) is 5.56 Å². The summed E-state index contributed by atoms with van der Waals surface area (Å²) in [5.74, 6) is 0.360. The standard InChI is InChI=1S/C25H25N3O4S/c1-3-28(19(2)22-11-6-21(17-26)7-12-22)25(29)15-10-20-8-13-24(14-9-20)33(30,31)27-18-23-5-4-16-32-23/h4-16,19,27H,3,18H2,1-2H3/b15-10+. The van der Waals surface area contributed by atoms with E-state index in [1.165, 1.54) is 24.5 Å². The van der Waals surface area contributed by atoms with Crippen molar-refractivity contribution in [1.29, 1.82) is 5.26 Å². The van der Waals surface area contributed by atoms with Crippen LogP contribution in [0, 0.1) is 11.3 Å². The minimum absolute atomic E-state index is 0.0652. The summed E-state index contributed by atoms with van der Waals surface area (Å²) in [7, 11) is -3.68. The molecule has 1 N–H and O–H groups in total. The highest BCUT2D eigenvalue weighted by molar-refractivity contribution is 7.89. The molecule has 3 rings (SSSR count). The number of likely N-dealkylation sites (N-methyl/N-ethyl adjacent to an activating group) is 1. The Bertz CT molecular complexity index is 1240. The zero-order valence-corrected chi connectivity index (χ0v) is 19.2. The molecule has 7 nitrogen and oxygen atoms in total. The Morgan fingerprint density at radius 1 is 1.15 bits per heavy atom. The van der Waals surface area contributed by atoms with Gasteiger partial charge >= 0.3 is 0 Å². The zero-order valence-electron chi connectivity index (χ0n) is 18.4. The second-order valence-electron chi connectivity index (χ2n) is 7.34. The second kappa shape index (κ2) is 10.8. The third kappa shape index (κ3) is 6.19. The molecule has 1 aromatic heterocycles. The summed E-state index contributed by atoms with van der Waals surface area (Å²) in [6.07, 6.45) is 4.61. The Morgan fingerprint density at radius 3 is 2.42 bits per heavy atom. The molecule has 0 radical (unpaired) electrons. The van der Waals surface area contributed by atoms with Crippen molar-refractivity contribution >= 4 is 22.0 Å². The molecule has 1 atom stereocenters. The number of furan rings is 1. The molecular formula is C25H25N3O4S. The Labute approximate surface area is 194 Å². The smallest absolute Gasteiger partial charge is 0.247 e. The van der Waals surface area contributed by atoms with Gasteiger partial charge in [0.15, 0.2) is 0 Å². The summed E-state index contributed by atoms with van der Waals surface area (Å²) in [5.41, 5.74) is 2.21. The lowest BCUT2D eigenvalue weighted by atomic mass is 10.0. The van der Waals surface area contributed by atoms with Crippen LogP contribution in [0.4, 0.5) is 0 Å². The summed E-state index contributed by atoms with van der Waals surface area (Å²) in [6, 6.07) is 18.7. The van der Waals surface area contributed by atoms with Gasteiger partial charge in [-0.2, -0.15) is 5.26 Å². The summed E-state index contributed by atoms with van der Waals surface area (Å²) in [4.78, 5) is 14.6. The quantitative estimate of drug-likeness (QED) is 0.478. The third-order valence-electron chi connectivity index (χ3n) is 5.24. The molecule has 0 aliphatic carbocycles. The molecule has 0 bridgehead atoms. The number of carbonyl (C=O) groups is 1. The molecule has 1 unspecified atom stereocenters. The maximum atomic E-state index is 12.8. The lowest BCUT2D eigenvalue weighted by molar-refractivity contribution is -0.127. The molecule has 1 heterocycles. The topological polar surface area (TPSA) is 103 Å². The number of nitrogens with one attached hydrogen (secondary N) is 1. The van der Waals surface area contributed by atoms with E-state index in [4.69, 9.17) is 9.68 Å². The predicted molar refractivity (Wildman–Crippen MR) is 125 cm³/mol. The van der Waals surface area contributed by atoms with Crippen LogP contribution in [-0.4, -0.2) is 25.8 Å². The van der Waals surface area contributed by atoms with Crippen LogP contribution in [0.25, 0.3) is 6.08 Å². The van der Waals surface area contributed by atoms with Crippen LogP contribution in [0.15, 0.2) is 82.3 Å². The predicted octanol–water partition coefficient (Wildman–Crippen LogP) is 4.25. The fraction of sp³-hybridized carbons (Fsp3) is 0.200. The summed E-state index contributed by atoms with van der Waals surface area (Å²) in [5, 5.41) is 8.95. The summed E-state index contributed by atoms with van der Waals surface area (Å²) in [6.45, 7) is 4.42. The molecule has 33 heavy (non-hydrogen) atoms. The minimum atomic E-state index is -3.68. The SMILES string of the molecule is CCN(C(=O)/C=C/c1ccc(S(=O)(=O)NCc2ccco2)cc1)C(C)c1ccc(C#N)cc1. The number of nitrogens with zero attached hydrogens (tertiary/aromatic N) is 2. The van der Waals surface area contributed by atoms with E-state index < -0.39 is 10.0 Å². The van der Waals surface area contributed by atoms with Crippen molar-refractivity contribution in [1.82, 2.24) is 9.62 Å². The first-order valence-corrected chi connectivity index (χ1v) is 11.9. The lowest BCUT2D eigenvalue weighted by Crippen LogP contribution is -2.32. The highest BCUT2D eigenvalue weighted by Gasteiger charge is 2.18. The average Bonchev–Trinajstić information content (AvgIpc) is 3.36. The van der Waals surface area contributed by atoms with Crippen LogP contribution in [0.2, 0.25) is 0 Å². The number of amides is 1. The van der Waals surface area contributed by atoms with Gasteiger partial charge in [-0.3, -0.25) is 4.79 Å². The highest BCUT2D eigenvalue weighted by atomic mass is 32.2. The Balaban J connectivity index is 1.65. The van der Waals surface area contributed by atoms with Gasteiger partial charge in [-0.15, -0.1) is 0 Å². The maximum absolute atomic E-state index is 12.8. The fourth-order valence-corrected chi connectivity index (χ4v) is 4.31. The Hall–Kier alpha value is -3.67. The number of sulfonamides is 1. The fourth-order valence-electron chi connectivity index (χ4n) is 3.32. The number of nitriles is 1. The van der Waals surface area contributed by atoms with Crippen molar-refractivity contribution in [3.63, 3.8) is 0 Å². The summed E-state index contributed by atoms with van der Waals surface area (Å²) >= 11 is 0. The maximum Gasteiger partial charge on any atom is 0.247 e. The molecule has 8 heteroatoms. The Kier molecular flexibility index (Phi) is 7.83. The second-order valence-corrected chi connectivity index (χ2v) is 9.11. The van der Waals surface area contributed by atoms with E-state index in [2.05, 4.69) is 10.8 Å². The van der Waals surface area contributed by atoms with Gasteiger partial charge in [0.25, 0.3) is 0 Å². The summed E-state index contributed by atoms with van der Waals surface area (Å²) < 4.78 is 32.5. The van der Waals surface area contributed by atoms with Gasteiger partial charge in [0, 0.05) is 12.6 Å². The van der Waals surface area contributed by atoms with E-state index in [1.807, 2.05) is 26.0 Å². The van der Waals surface area contributed by atoms with Crippen molar-refractivity contribution in [2.45, 2.75) is 31.3 Å². The first kappa shape index (κ1) is 24.0. The molecule has 3 aromatic rings. The Morgan fingerprint density at radius 2 is 1.85 bits per heavy atom. The van der Waals surface area contributed by atoms with Gasteiger partial charge in [-0.05, 0) is 67.4 Å². The first-order valence-electron chi connectivity index (χ1n) is 10.4. The number of benzene rings is 2. The molecule has 0 aliphatic heterocycles. The molecule has 170 valence electrons. The minimum Gasteiger partial charge on any atom is -0.468 e. The van der Waals surface area contributed by atoms with Gasteiger partial charge in [-0.1, -0.05) is 24.3 Å². The molecule has 2 aromatic carbocycles. The van der Waals surface area contributed by atoms with Crippen molar-refractivity contribution in [3.05, 3.63) is 95.5 Å². The van der Waals surface area contributed by atoms with E-state index in [0.29, 0.717) is 23.4 Å². The van der Waals surface area contributed by atoms with Crippen molar-refractivity contribution in [3.8, 4) is 6.07 Å². The van der Waals surface area contributed by atoms with Crippen LogP contribution in [0.5, 0.6) is 0 Å².